The standard InChI is InChI=1S/C8H13N2/c1-10-5-3-8(7-10)2-4-9-6-8/h2-3,5-7H2,1H3/q+1. The lowest BCUT2D eigenvalue weighted by atomic mass is 9.86. The molecule has 2 rings (SSSR count). The van der Waals surface area contributed by atoms with Gasteiger partial charge in [0, 0.05) is 6.54 Å². The van der Waals surface area contributed by atoms with Gasteiger partial charge in [-0.25, -0.2) is 0 Å². The van der Waals surface area contributed by atoms with Crippen LogP contribution in [0.1, 0.15) is 12.8 Å². The van der Waals surface area contributed by atoms with E-state index in [9.17, 15) is 0 Å². The van der Waals surface area contributed by atoms with Crippen molar-refractivity contribution >= 4 is 0 Å². The summed E-state index contributed by atoms with van der Waals surface area (Å²) in [6.45, 7) is 3.50. The minimum absolute atomic E-state index is 0.509. The second-order valence-electron chi connectivity index (χ2n) is 3.64. The van der Waals surface area contributed by atoms with Gasteiger partial charge in [-0.15, -0.1) is 0 Å². The molecule has 0 aromatic rings. The quantitative estimate of drug-likeness (QED) is 0.484. The number of hydrogen-bond donors (Lipinski definition) is 0. The molecule has 10 heavy (non-hydrogen) atoms. The molecular weight excluding hydrogens is 124 g/mol. The molecule has 2 nitrogen and oxygen atoms in total. The van der Waals surface area contributed by atoms with Crippen molar-refractivity contribution < 1.29 is 0 Å². The van der Waals surface area contributed by atoms with Gasteiger partial charge in [0.25, 0.3) is 12.6 Å². The molecule has 2 aliphatic heterocycles. The van der Waals surface area contributed by atoms with Crippen molar-refractivity contribution in [3.8, 4) is 6.07 Å². The molecule has 1 unspecified atom stereocenters. The third-order valence-electron chi connectivity index (χ3n) is 2.61. The summed E-state index contributed by atoms with van der Waals surface area (Å²) >= 11 is 0. The second kappa shape index (κ2) is 1.96. The smallest absolute Gasteiger partial charge is 0.273 e. The first-order valence-corrected chi connectivity index (χ1v) is 3.89. The Hall–Kier alpha value is -0.550. The maximum Gasteiger partial charge on any atom is 0.273 e. The highest BCUT2D eigenvalue weighted by atomic mass is 15.1. The van der Waals surface area contributed by atoms with E-state index in [0.29, 0.717) is 5.41 Å². The van der Waals surface area contributed by atoms with Gasteiger partial charge in [0.1, 0.15) is 0 Å². The van der Waals surface area contributed by atoms with Gasteiger partial charge in [-0.3, -0.25) is 0 Å². The van der Waals surface area contributed by atoms with Gasteiger partial charge in [-0.05, 0) is 20.0 Å². The lowest BCUT2D eigenvalue weighted by molar-refractivity contribution is 0.318. The molecule has 1 spiro atoms. The van der Waals surface area contributed by atoms with E-state index in [0.717, 1.165) is 13.0 Å². The molecule has 54 valence electrons. The Kier molecular flexibility index (Phi) is 1.21. The van der Waals surface area contributed by atoms with Crippen LogP contribution in [0, 0.1) is 11.5 Å². The van der Waals surface area contributed by atoms with Crippen molar-refractivity contribution in [1.82, 2.24) is 4.90 Å². The van der Waals surface area contributed by atoms with Crippen molar-refractivity contribution in [3.05, 3.63) is 4.85 Å². The largest absolute Gasteiger partial charge is 0.305 e. The normalized spacial score (nSPS) is 38.5. The minimum atomic E-state index is 0.509. The zero-order valence-electron chi connectivity index (χ0n) is 6.43. The maximum absolute atomic E-state index is 4.18. The average molecular weight is 137 g/mol. The molecule has 1 atom stereocenters. The van der Waals surface area contributed by atoms with E-state index in [-0.39, 0.29) is 0 Å². The predicted octanol–water partition coefficient (Wildman–Crippen LogP) is 1.04. The maximum atomic E-state index is 4.18. The molecule has 1 saturated heterocycles. The van der Waals surface area contributed by atoms with E-state index in [1.165, 1.54) is 19.5 Å². The van der Waals surface area contributed by atoms with Crippen molar-refractivity contribution in [3.63, 3.8) is 0 Å². The number of likely N-dealkylation sites (tertiary alicyclic amines) is 1. The molecule has 0 N–H and O–H groups in total. The first-order valence-electron chi connectivity index (χ1n) is 3.89. The van der Waals surface area contributed by atoms with Gasteiger partial charge in [0.05, 0.1) is 11.8 Å². The first kappa shape index (κ1) is 6.18. The minimum Gasteiger partial charge on any atom is -0.305 e. The summed E-state index contributed by atoms with van der Waals surface area (Å²) in [7, 11) is 2.19. The van der Waals surface area contributed by atoms with Crippen LogP contribution in [0.3, 0.4) is 0 Å². The van der Waals surface area contributed by atoms with Crippen LogP contribution >= 0.6 is 0 Å². The van der Waals surface area contributed by atoms with Crippen molar-refractivity contribution in [2.24, 2.45) is 5.41 Å². The molecule has 1 fully saturated rings. The Balaban J connectivity index is 2.06. The van der Waals surface area contributed by atoms with E-state index in [4.69, 9.17) is 0 Å². The molecule has 0 amide bonds. The Labute approximate surface area is 61.6 Å². The fraction of sp³-hybridized carbons (Fsp3) is 0.875. The number of hydrogen-bond acceptors (Lipinski definition) is 1. The summed E-state index contributed by atoms with van der Waals surface area (Å²) in [6.07, 6.45) is 2.41. The van der Waals surface area contributed by atoms with E-state index in [1.54, 1.807) is 0 Å². The molecule has 2 heteroatoms. The van der Waals surface area contributed by atoms with Crippen molar-refractivity contribution in [2.75, 3.05) is 26.7 Å². The second-order valence-corrected chi connectivity index (χ2v) is 3.64. The molecule has 0 aliphatic carbocycles. The highest BCUT2D eigenvalue weighted by Gasteiger charge is 2.44. The van der Waals surface area contributed by atoms with Gasteiger partial charge in [0.15, 0.2) is 0 Å². The van der Waals surface area contributed by atoms with Crippen LogP contribution < -0.4 is 0 Å². The highest BCUT2D eigenvalue weighted by molar-refractivity contribution is 5.09. The van der Waals surface area contributed by atoms with Crippen LogP contribution in [0.5, 0.6) is 0 Å². The lowest BCUT2D eigenvalue weighted by Crippen LogP contribution is -2.25. The molecule has 2 aliphatic rings. The average Bonchev–Trinajstić information content (AvgIpc) is 2.46. The van der Waals surface area contributed by atoms with Crippen LogP contribution in [0.2, 0.25) is 0 Å². The van der Waals surface area contributed by atoms with E-state index in [1.807, 2.05) is 0 Å². The van der Waals surface area contributed by atoms with E-state index < -0.39 is 0 Å². The summed E-state index contributed by atoms with van der Waals surface area (Å²) in [5, 5.41) is 0. The molecule has 0 saturated carbocycles. The fourth-order valence-electron chi connectivity index (χ4n) is 1.94. The predicted molar refractivity (Wildman–Crippen MR) is 41.3 cm³/mol. The van der Waals surface area contributed by atoms with E-state index >= 15 is 0 Å². The number of nitrogens with zero attached hydrogens (tertiary/aromatic N) is 2. The van der Waals surface area contributed by atoms with Crippen LogP contribution in [0.4, 0.5) is 0 Å². The van der Waals surface area contributed by atoms with Crippen LogP contribution in [-0.4, -0.2) is 31.6 Å². The van der Waals surface area contributed by atoms with Crippen molar-refractivity contribution in [1.29, 1.82) is 0 Å². The lowest BCUT2D eigenvalue weighted by Gasteiger charge is -2.13. The van der Waals surface area contributed by atoms with Crippen LogP contribution in [-0.2, 0) is 0 Å². The highest BCUT2D eigenvalue weighted by Crippen LogP contribution is 2.35. The molecule has 0 aromatic heterocycles. The van der Waals surface area contributed by atoms with E-state index in [2.05, 4.69) is 22.9 Å². The third-order valence-corrected chi connectivity index (χ3v) is 2.61. The van der Waals surface area contributed by atoms with Gasteiger partial charge < -0.3 is 4.90 Å². The van der Waals surface area contributed by atoms with Gasteiger partial charge in [0.2, 0.25) is 0 Å². The zero-order valence-corrected chi connectivity index (χ0v) is 6.43. The molecule has 0 bridgehead atoms. The monoisotopic (exact) mass is 137 g/mol. The fourth-order valence-corrected chi connectivity index (χ4v) is 1.94. The topological polar surface area (TPSA) is 7.60 Å². The molecule has 2 heterocycles. The summed E-state index contributed by atoms with van der Waals surface area (Å²) in [5.74, 6) is 0. The van der Waals surface area contributed by atoms with Gasteiger partial charge in [-0.2, -0.15) is 0 Å². The van der Waals surface area contributed by atoms with Crippen LogP contribution in [0.25, 0.3) is 4.85 Å². The summed E-state index contributed by atoms with van der Waals surface area (Å²) < 4.78 is 0. The Morgan fingerprint density at radius 2 is 2.50 bits per heavy atom. The Bertz CT molecular complexity index is 189. The zero-order chi connectivity index (χ0) is 7.03. The first-order chi connectivity index (χ1) is 4.81. The molecule has 0 aromatic carbocycles. The van der Waals surface area contributed by atoms with Gasteiger partial charge in [-0.1, -0.05) is 4.85 Å². The van der Waals surface area contributed by atoms with Crippen LogP contribution in [0.15, 0.2) is 0 Å². The third kappa shape index (κ3) is 0.819. The van der Waals surface area contributed by atoms with Gasteiger partial charge >= 0.3 is 0 Å². The molecular formula is C8H13N2+. The molecule has 0 radical (unpaired) electrons. The Morgan fingerprint density at radius 3 is 3.00 bits per heavy atom. The summed E-state index contributed by atoms with van der Waals surface area (Å²) in [6, 6.07) is 3.07. The summed E-state index contributed by atoms with van der Waals surface area (Å²) in [5.41, 5.74) is 0.509. The SMILES string of the molecule is CN1CCC2(CC#[N+]C2)C1. The summed E-state index contributed by atoms with van der Waals surface area (Å²) in [4.78, 5) is 6.57. The van der Waals surface area contributed by atoms with Crippen molar-refractivity contribution in [2.45, 2.75) is 12.8 Å². The number of rotatable bonds is 0. The Morgan fingerprint density at radius 1 is 1.60 bits per heavy atom.